The first-order chi connectivity index (χ1) is 11.6. The highest BCUT2D eigenvalue weighted by Gasteiger charge is 2.35. The van der Waals surface area contributed by atoms with Crippen LogP contribution >= 0.6 is 23.1 Å². The van der Waals surface area contributed by atoms with Gasteiger partial charge in [0.2, 0.25) is 11.8 Å². The van der Waals surface area contributed by atoms with Gasteiger partial charge < -0.3 is 10.6 Å². The molecular weight excluding hydrogens is 340 g/mol. The number of carbonyl (C=O) groups excluding carboxylic acids is 2. The molecule has 0 fully saturated rings. The molecule has 1 aliphatic rings. The number of hydrogen-bond acceptors (Lipinski definition) is 4. The van der Waals surface area contributed by atoms with E-state index in [4.69, 9.17) is 5.73 Å². The molecule has 1 aromatic carbocycles. The molecule has 0 saturated carbocycles. The molecule has 4 nitrogen and oxygen atoms in total. The number of nitrogens with two attached hydrogens (primary N) is 1. The maximum absolute atomic E-state index is 12.8. The van der Waals surface area contributed by atoms with Crippen LogP contribution in [-0.4, -0.2) is 23.6 Å². The van der Waals surface area contributed by atoms with Gasteiger partial charge >= 0.3 is 0 Å². The number of thioether (sulfide) groups is 1. The number of rotatable bonds is 5. The van der Waals surface area contributed by atoms with Crippen LogP contribution in [0.5, 0.6) is 0 Å². The third kappa shape index (κ3) is 3.49. The number of thiophene rings is 1. The minimum absolute atomic E-state index is 0.0350. The van der Waals surface area contributed by atoms with Crippen molar-refractivity contribution in [1.29, 1.82) is 0 Å². The lowest BCUT2D eigenvalue weighted by Crippen LogP contribution is -2.46. The van der Waals surface area contributed by atoms with Crippen molar-refractivity contribution in [2.45, 2.75) is 31.1 Å². The van der Waals surface area contributed by atoms with Gasteiger partial charge in [-0.1, -0.05) is 24.3 Å². The maximum atomic E-state index is 12.8. The number of primary amides is 1. The molecule has 0 saturated heterocycles. The number of hydrogen-bond donors (Lipinski definition) is 1. The van der Waals surface area contributed by atoms with Crippen molar-refractivity contribution in [3.63, 3.8) is 0 Å². The van der Waals surface area contributed by atoms with E-state index >= 15 is 0 Å². The summed E-state index contributed by atoms with van der Waals surface area (Å²) in [6, 6.07) is 11.7. The van der Waals surface area contributed by atoms with Crippen molar-refractivity contribution in [3.8, 4) is 0 Å². The van der Waals surface area contributed by atoms with Crippen LogP contribution in [0.2, 0.25) is 0 Å². The van der Waals surface area contributed by atoms with Gasteiger partial charge in [0.25, 0.3) is 0 Å². The molecule has 1 aromatic heterocycles. The summed E-state index contributed by atoms with van der Waals surface area (Å²) in [6.45, 7) is 1.98. The zero-order chi connectivity index (χ0) is 17.1. The average molecular weight is 361 g/mol. The molecule has 2 amide bonds. The number of carbonyl (C=O) groups is 2. The first-order valence-electron chi connectivity index (χ1n) is 7.88. The molecule has 2 N–H and O–H groups in total. The molecule has 24 heavy (non-hydrogen) atoms. The van der Waals surface area contributed by atoms with Gasteiger partial charge in [-0.15, -0.1) is 23.1 Å². The van der Waals surface area contributed by atoms with Crippen LogP contribution in [0, 0.1) is 0 Å². The summed E-state index contributed by atoms with van der Waals surface area (Å²) < 4.78 is 0. The minimum atomic E-state index is -0.325. The Hall–Kier alpha value is -1.79. The van der Waals surface area contributed by atoms with Crippen molar-refractivity contribution in [3.05, 3.63) is 52.2 Å². The zero-order valence-corrected chi connectivity index (χ0v) is 15.1. The second-order valence-electron chi connectivity index (χ2n) is 5.93. The Morgan fingerprint density at radius 1 is 1.29 bits per heavy atom. The number of fused-ring (bicyclic) bond motifs is 1. The standard InChI is InChI=1S/C18H20N2O2S2/c1-12-9-15(18(19)22)14-6-2-3-7-16(14)20(12)17(21)11-23-10-13-5-4-8-24-13/h2-8,12,15H,9-11H2,1H3,(H2,19,22). The minimum Gasteiger partial charge on any atom is -0.369 e. The highest BCUT2D eigenvalue weighted by atomic mass is 32.2. The van der Waals surface area contributed by atoms with E-state index in [9.17, 15) is 9.59 Å². The van der Waals surface area contributed by atoms with Crippen molar-refractivity contribution in [2.75, 3.05) is 10.7 Å². The quantitative estimate of drug-likeness (QED) is 0.889. The van der Waals surface area contributed by atoms with Crippen molar-refractivity contribution in [2.24, 2.45) is 5.73 Å². The second kappa shape index (κ2) is 7.40. The molecule has 6 heteroatoms. The van der Waals surface area contributed by atoms with E-state index in [0.717, 1.165) is 17.0 Å². The Bertz CT molecular complexity index is 730. The molecule has 2 aromatic rings. The first kappa shape index (κ1) is 17.0. The largest absolute Gasteiger partial charge is 0.369 e. The number of para-hydroxylation sites is 1. The fraction of sp³-hybridized carbons (Fsp3) is 0.333. The Labute approximate surface area is 150 Å². The van der Waals surface area contributed by atoms with Gasteiger partial charge in [0.05, 0.1) is 11.7 Å². The van der Waals surface area contributed by atoms with Crippen LogP contribution in [0.4, 0.5) is 5.69 Å². The molecule has 2 heterocycles. The predicted molar refractivity (Wildman–Crippen MR) is 100 cm³/mol. The van der Waals surface area contributed by atoms with Crippen LogP contribution in [-0.2, 0) is 15.3 Å². The summed E-state index contributed by atoms with van der Waals surface area (Å²) >= 11 is 3.33. The number of nitrogens with zero attached hydrogens (tertiary/aromatic N) is 1. The van der Waals surface area contributed by atoms with Crippen LogP contribution in [0.15, 0.2) is 41.8 Å². The molecule has 3 rings (SSSR count). The van der Waals surface area contributed by atoms with Crippen molar-refractivity contribution in [1.82, 2.24) is 0 Å². The highest BCUT2D eigenvalue weighted by molar-refractivity contribution is 7.99. The van der Waals surface area contributed by atoms with Crippen LogP contribution in [0.25, 0.3) is 0 Å². The summed E-state index contributed by atoms with van der Waals surface area (Å²) in [5.41, 5.74) is 7.24. The van der Waals surface area contributed by atoms with E-state index in [1.54, 1.807) is 23.1 Å². The Kier molecular flexibility index (Phi) is 5.26. The Morgan fingerprint density at radius 3 is 2.79 bits per heavy atom. The van der Waals surface area contributed by atoms with E-state index in [2.05, 4.69) is 6.07 Å². The van der Waals surface area contributed by atoms with Crippen LogP contribution in [0.1, 0.15) is 29.7 Å². The predicted octanol–water partition coefficient (Wildman–Crippen LogP) is 3.38. The normalized spacial score (nSPS) is 19.8. The molecule has 0 aliphatic carbocycles. The van der Waals surface area contributed by atoms with E-state index in [0.29, 0.717) is 12.2 Å². The van der Waals surface area contributed by atoms with Gasteiger partial charge in [-0.2, -0.15) is 0 Å². The van der Waals surface area contributed by atoms with Gasteiger partial charge in [-0.25, -0.2) is 0 Å². The summed E-state index contributed by atoms with van der Waals surface area (Å²) in [6.07, 6.45) is 0.577. The second-order valence-corrected chi connectivity index (χ2v) is 7.95. The smallest absolute Gasteiger partial charge is 0.237 e. The topological polar surface area (TPSA) is 63.4 Å². The van der Waals surface area contributed by atoms with Crippen molar-refractivity contribution < 1.29 is 9.59 Å². The SMILES string of the molecule is CC1CC(C(N)=O)c2ccccc2N1C(=O)CSCc1cccs1. The fourth-order valence-corrected chi connectivity index (χ4v) is 4.89. The van der Waals surface area contributed by atoms with Gasteiger partial charge in [0.15, 0.2) is 0 Å². The van der Waals surface area contributed by atoms with E-state index < -0.39 is 0 Å². The molecule has 0 radical (unpaired) electrons. The monoisotopic (exact) mass is 360 g/mol. The molecular formula is C18H20N2O2S2. The number of anilines is 1. The summed E-state index contributed by atoms with van der Waals surface area (Å²) in [5, 5.41) is 2.05. The van der Waals surface area contributed by atoms with Gasteiger partial charge in [0.1, 0.15) is 0 Å². The summed E-state index contributed by atoms with van der Waals surface area (Å²) in [4.78, 5) is 27.6. The molecule has 2 unspecified atom stereocenters. The van der Waals surface area contributed by atoms with E-state index in [-0.39, 0.29) is 23.8 Å². The third-order valence-electron chi connectivity index (χ3n) is 4.25. The Morgan fingerprint density at radius 2 is 2.08 bits per heavy atom. The fourth-order valence-electron chi connectivity index (χ4n) is 3.17. The van der Waals surface area contributed by atoms with E-state index in [1.807, 2.05) is 47.5 Å². The van der Waals surface area contributed by atoms with Crippen LogP contribution in [0.3, 0.4) is 0 Å². The van der Waals surface area contributed by atoms with Gasteiger partial charge in [-0.3, -0.25) is 9.59 Å². The molecule has 2 atom stereocenters. The lowest BCUT2D eigenvalue weighted by atomic mass is 9.85. The average Bonchev–Trinajstić information content (AvgIpc) is 3.07. The molecule has 0 bridgehead atoms. The zero-order valence-electron chi connectivity index (χ0n) is 13.5. The lowest BCUT2D eigenvalue weighted by Gasteiger charge is -2.38. The maximum Gasteiger partial charge on any atom is 0.237 e. The third-order valence-corrected chi connectivity index (χ3v) is 6.28. The lowest BCUT2D eigenvalue weighted by molar-refractivity contribution is -0.121. The summed E-state index contributed by atoms with van der Waals surface area (Å²) in [7, 11) is 0. The van der Waals surface area contributed by atoms with E-state index in [1.165, 1.54) is 4.88 Å². The van der Waals surface area contributed by atoms with Crippen molar-refractivity contribution >= 4 is 40.6 Å². The highest BCUT2D eigenvalue weighted by Crippen LogP contribution is 2.38. The first-order valence-corrected chi connectivity index (χ1v) is 9.91. The molecule has 1 aliphatic heterocycles. The Balaban J connectivity index is 1.75. The number of benzene rings is 1. The summed E-state index contributed by atoms with van der Waals surface area (Å²) in [5.74, 6) is 0.710. The molecule has 126 valence electrons. The molecule has 0 spiro atoms. The number of amides is 2. The van der Waals surface area contributed by atoms with Crippen LogP contribution < -0.4 is 10.6 Å². The van der Waals surface area contributed by atoms with Gasteiger partial charge in [0, 0.05) is 22.4 Å². The van der Waals surface area contributed by atoms with Gasteiger partial charge in [-0.05, 0) is 36.4 Å².